The minimum absolute atomic E-state index is 0.439. The molecule has 0 radical (unpaired) electrons. The standard InChI is InChI=1S/C16H24N2S/c1-18(12-14-6-3-2-4-7-14)13-16-10-9-15(19-16)8-5-11-17/h9-10,14H,2-4,6-7,11-13,17H2,1H3. The lowest BCUT2D eigenvalue weighted by Gasteiger charge is -2.26. The molecule has 0 unspecified atom stereocenters. The van der Waals surface area contributed by atoms with Crippen LogP contribution in [0.4, 0.5) is 0 Å². The Morgan fingerprint density at radius 1 is 1.32 bits per heavy atom. The molecule has 1 aromatic rings. The second-order valence-electron chi connectivity index (χ2n) is 5.47. The third-order valence-electron chi connectivity index (χ3n) is 3.70. The summed E-state index contributed by atoms with van der Waals surface area (Å²) in [6.07, 6.45) is 7.13. The molecule has 19 heavy (non-hydrogen) atoms. The van der Waals surface area contributed by atoms with Gasteiger partial charge in [-0.2, -0.15) is 0 Å². The van der Waals surface area contributed by atoms with Crippen molar-refractivity contribution in [3.05, 3.63) is 21.9 Å². The Bertz CT molecular complexity index is 435. The Morgan fingerprint density at radius 2 is 2.11 bits per heavy atom. The number of hydrogen-bond donors (Lipinski definition) is 1. The van der Waals surface area contributed by atoms with Crippen LogP contribution in [0.1, 0.15) is 41.9 Å². The van der Waals surface area contributed by atoms with E-state index in [0.717, 1.165) is 17.3 Å². The van der Waals surface area contributed by atoms with Crippen molar-refractivity contribution in [1.29, 1.82) is 0 Å². The van der Waals surface area contributed by atoms with Crippen molar-refractivity contribution >= 4 is 11.3 Å². The minimum Gasteiger partial charge on any atom is -0.320 e. The fraction of sp³-hybridized carbons (Fsp3) is 0.625. The third kappa shape index (κ3) is 4.99. The summed E-state index contributed by atoms with van der Waals surface area (Å²) in [5.41, 5.74) is 5.39. The largest absolute Gasteiger partial charge is 0.320 e. The predicted octanol–water partition coefficient (Wildman–Crippen LogP) is 3.07. The Balaban J connectivity index is 1.80. The van der Waals surface area contributed by atoms with Crippen molar-refractivity contribution < 1.29 is 0 Å². The van der Waals surface area contributed by atoms with Gasteiger partial charge in [-0.1, -0.05) is 31.1 Å². The molecule has 3 heteroatoms. The normalized spacial score (nSPS) is 16.4. The Morgan fingerprint density at radius 3 is 2.84 bits per heavy atom. The summed E-state index contributed by atoms with van der Waals surface area (Å²) in [4.78, 5) is 4.99. The molecule has 0 aliphatic heterocycles. The number of rotatable bonds is 4. The van der Waals surface area contributed by atoms with Crippen molar-refractivity contribution in [2.45, 2.75) is 38.6 Å². The summed E-state index contributed by atoms with van der Waals surface area (Å²) >= 11 is 1.79. The van der Waals surface area contributed by atoms with Gasteiger partial charge >= 0.3 is 0 Å². The molecule has 0 bridgehead atoms. The van der Waals surface area contributed by atoms with E-state index < -0.39 is 0 Å². The zero-order chi connectivity index (χ0) is 13.5. The first-order valence-electron chi connectivity index (χ1n) is 7.24. The molecule has 0 spiro atoms. The lowest BCUT2D eigenvalue weighted by Crippen LogP contribution is -2.26. The zero-order valence-corrected chi connectivity index (χ0v) is 12.6. The van der Waals surface area contributed by atoms with Crippen LogP contribution in [0.5, 0.6) is 0 Å². The molecular formula is C16H24N2S. The van der Waals surface area contributed by atoms with E-state index in [-0.39, 0.29) is 0 Å². The van der Waals surface area contributed by atoms with Crippen molar-refractivity contribution in [3.8, 4) is 11.8 Å². The van der Waals surface area contributed by atoms with Crippen LogP contribution in [0.25, 0.3) is 0 Å². The topological polar surface area (TPSA) is 29.3 Å². The van der Waals surface area contributed by atoms with Crippen LogP contribution in [0.2, 0.25) is 0 Å². The van der Waals surface area contributed by atoms with Gasteiger partial charge in [-0.25, -0.2) is 0 Å². The van der Waals surface area contributed by atoms with Gasteiger partial charge in [-0.15, -0.1) is 11.3 Å². The summed E-state index contributed by atoms with van der Waals surface area (Å²) in [7, 11) is 2.24. The maximum atomic E-state index is 5.39. The smallest absolute Gasteiger partial charge is 0.0772 e. The second kappa shape index (κ2) is 7.69. The first-order valence-corrected chi connectivity index (χ1v) is 8.06. The Labute approximate surface area is 121 Å². The van der Waals surface area contributed by atoms with Gasteiger partial charge in [0.25, 0.3) is 0 Å². The maximum Gasteiger partial charge on any atom is 0.0772 e. The highest BCUT2D eigenvalue weighted by atomic mass is 32.1. The average Bonchev–Trinajstić information content (AvgIpc) is 2.85. The number of hydrogen-bond acceptors (Lipinski definition) is 3. The van der Waals surface area contributed by atoms with Gasteiger partial charge in [0.2, 0.25) is 0 Å². The van der Waals surface area contributed by atoms with Crippen LogP contribution < -0.4 is 5.73 Å². The lowest BCUT2D eigenvalue weighted by molar-refractivity contribution is 0.229. The highest BCUT2D eigenvalue weighted by Gasteiger charge is 2.15. The molecule has 2 nitrogen and oxygen atoms in total. The summed E-state index contributed by atoms with van der Waals surface area (Å²) in [6, 6.07) is 4.31. The molecule has 1 aliphatic carbocycles. The summed E-state index contributed by atoms with van der Waals surface area (Å²) in [5, 5.41) is 0. The highest BCUT2D eigenvalue weighted by Crippen LogP contribution is 2.25. The molecule has 1 fully saturated rings. The van der Waals surface area contributed by atoms with Gasteiger partial charge in [0.15, 0.2) is 0 Å². The molecule has 1 saturated carbocycles. The van der Waals surface area contributed by atoms with Gasteiger partial charge in [-0.05, 0) is 37.9 Å². The van der Waals surface area contributed by atoms with Gasteiger partial charge in [0.05, 0.1) is 11.4 Å². The second-order valence-corrected chi connectivity index (χ2v) is 6.64. The van der Waals surface area contributed by atoms with Crippen molar-refractivity contribution in [2.24, 2.45) is 11.7 Å². The fourth-order valence-corrected chi connectivity index (χ4v) is 3.77. The van der Waals surface area contributed by atoms with Gasteiger partial charge in [-0.3, -0.25) is 0 Å². The first-order chi connectivity index (χ1) is 9.28. The van der Waals surface area contributed by atoms with Gasteiger partial charge in [0, 0.05) is 18.0 Å². The van der Waals surface area contributed by atoms with E-state index in [1.54, 1.807) is 11.3 Å². The van der Waals surface area contributed by atoms with Gasteiger partial charge < -0.3 is 10.6 Å². The zero-order valence-electron chi connectivity index (χ0n) is 11.8. The van der Waals surface area contributed by atoms with E-state index in [4.69, 9.17) is 5.73 Å². The maximum absolute atomic E-state index is 5.39. The van der Waals surface area contributed by atoms with E-state index in [0.29, 0.717) is 6.54 Å². The molecule has 0 amide bonds. The molecule has 104 valence electrons. The number of nitrogens with two attached hydrogens (primary N) is 1. The van der Waals surface area contributed by atoms with Crippen molar-refractivity contribution in [2.75, 3.05) is 20.1 Å². The van der Waals surface area contributed by atoms with Crippen molar-refractivity contribution in [1.82, 2.24) is 4.90 Å². The fourth-order valence-electron chi connectivity index (χ4n) is 2.81. The molecule has 0 aromatic carbocycles. The van der Waals surface area contributed by atoms with E-state index in [2.05, 4.69) is 35.9 Å². The van der Waals surface area contributed by atoms with Crippen LogP contribution >= 0.6 is 11.3 Å². The molecule has 0 atom stereocenters. The van der Waals surface area contributed by atoms with Crippen molar-refractivity contribution in [3.63, 3.8) is 0 Å². The summed E-state index contributed by atoms with van der Waals surface area (Å²) in [5.74, 6) is 6.93. The summed E-state index contributed by atoms with van der Waals surface area (Å²) < 4.78 is 0. The van der Waals surface area contributed by atoms with Gasteiger partial charge in [0.1, 0.15) is 0 Å². The molecular weight excluding hydrogens is 252 g/mol. The lowest BCUT2D eigenvalue weighted by atomic mass is 9.89. The number of nitrogens with zero attached hydrogens (tertiary/aromatic N) is 1. The van der Waals surface area contributed by atoms with Crippen LogP contribution in [0.15, 0.2) is 12.1 Å². The Hall–Kier alpha value is -0.820. The van der Waals surface area contributed by atoms with E-state index in [9.17, 15) is 0 Å². The first kappa shape index (κ1) is 14.6. The minimum atomic E-state index is 0.439. The van der Waals surface area contributed by atoms with E-state index in [1.165, 1.54) is 43.5 Å². The molecule has 0 saturated heterocycles. The quantitative estimate of drug-likeness (QED) is 0.856. The SMILES string of the molecule is CN(Cc1ccc(C#CCN)s1)CC1CCCCC1. The molecule has 1 aromatic heterocycles. The predicted molar refractivity (Wildman–Crippen MR) is 83.2 cm³/mol. The van der Waals surface area contributed by atoms with E-state index in [1.807, 2.05) is 0 Å². The molecule has 1 heterocycles. The third-order valence-corrected chi connectivity index (χ3v) is 4.68. The average molecular weight is 276 g/mol. The van der Waals surface area contributed by atoms with Crippen LogP contribution in [0, 0.1) is 17.8 Å². The van der Waals surface area contributed by atoms with Crippen LogP contribution in [0.3, 0.4) is 0 Å². The van der Waals surface area contributed by atoms with Crippen LogP contribution in [-0.4, -0.2) is 25.0 Å². The molecule has 2 N–H and O–H groups in total. The monoisotopic (exact) mass is 276 g/mol. The summed E-state index contributed by atoms with van der Waals surface area (Å²) in [6.45, 7) is 2.72. The van der Waals surface area contributed by atoms with Crippen LogP contribution in [-0.2, 0) is 6.54 Å². The highest BCUT2D eigenvalue weighted by molar-refractivity contribution is 7.12. The Kier molecular flexibility index (Phi) is 5.91. The number of thiophene rings is 1. The molecule has 2 rings (SSSR count). The van der Waals surface area contributed by atoms with E-state index >= 15 is 0 Å². The molecule has 1 aliphatic rings.